The van der Waals surface area contributed by atoms with Crippen molar-refractivity contribution in [2.24, 2.45) is 5.92 Å². The standard InChI is InChI=1S/C29H32N2O7/c1-34-20-9-7-19(8-10-20)31-27(32)15-12-22(28(31)18-6-14-24(36-3)26(16-18)38-5)29(33)30-23-13-11-21(35-2)17-25(23)37-4/h6-11,13-14,16-17,22,28H,12,15H2,1-5H3,(H,30,33)/t22-,28+/m1/s1. The molecule has 1 aliphatic heterocycles. The molecule has 3 aromatic rings. The van der Waals surface area contributed by atoms with Crippen LogP contribution in [0.2, 0.25) is 0 Å². The first kappa shape index (κ1) is 26.7. The molecule has 0 radical (unpaired) electrons. The second-order valence-corrected chi connectivity index (χ2v) is 8.72. The minimum absolute atomic E-state index is 0.0824. The van der Waals surface area contributed by atoms with Gasteiger partial charge in [-0.15, -0.1) is 0 Å². The molecule has 4 rings (SSSR count). The number of hydrogen-bond donors (Lipinski definition) is 1. The number of benzene rings is 3. The summed E-state index contributed by atoms with van der Waals surface area (Å²) in [6.07, 6.45) is 0.586. The van der Waals surface area contributed by atoms with E-state index in [0.29, 0.717) is 46.5 Å². The van der Waals surface area contributed by atoms with Gasteiger partial charge in [0.2, 0.25) is 11.8 Å². The second-order valence-electron chi connectivity index (χ2n) is 8.72. The van der Waals surface area contributed by atoms with Gasteiger partial charge in [-0.2, -0.15) is 0 Å². The van der Waals surface area contributed by atoms with Gasteiger partial charge in [-0.3, -0.25) is 9.59 Å². The van der Waals surface area contributed by atoms with E-state index in [-0.39, 0.29) is 18.2 Å². The summed E-state index contributed by atoms with van der Waals surface area (Å²) in [6, 6.07) is 17.2. The van der Waals surface area contributed by atoms with Crippen molar-refractivity contribution >= 4 is 23.2 Å². The molecule has 0 spiro atoms. The molecule has 1 aliphatic rings. The van der Waals surface area contributed by atoms with Crippen molar-refractivity contribution in [2.45, 2.75) is 18.9 Å². The summed E-state index contributed by atoms with van der Waals surface area (Å²) < 4.78 is 27.0. The van der Waals surface area contributed by atoms with Crippen LogP contribution in [0.3, 0.4) is 0 Å². The monoisotopic (exact) mass is 520 g/mol. The molecule has 0 aliphatic carbocycles. The van der Waals surface area contributed by atoms with E-state index in [1.165, 1.54) is 7.11 Å². The Labute approximate surface area is 222 Å². The van der Waals surface area contributed by atoms with Crippen LogP contribution in [0.1, 0.15) is 24.4 Å². The van der Waals surface area contributed by atoms with Gasteiger partial charge in [-0.25, -0.2) is 0 Å². The van der Waals surface area contributed by atoms with Crippen LogP contribution in [0.25, 0.3) is 0 Å². The predicted octanol–water partition coefficient (Wildman–Crippen LogP) is 4.85. The fraction of sp³-hybridized carbons (Fsp3) is 0.310. The number of carbonyl (C=O) groups is 2. The third-order valence-corrected chi connectivity index (χ3v) is 6.70. The van der Waals surface area contributed by atoms with Crippen LogP contribution < -0.4 is 33.9 Å². The van der Waals surface area contributed by atoms with Crippen molar-refractivity contribution in [3.63, 3.8) is 0 Å². The van der Waals surface area contributed by atoms with Gasteiger partial charge in [0, 0.05) is 18.2 Å². The number of methoxy groups -OCH3 is 5. The zero-order chi connectivity index (χ0) is 27.2. The Hall–Kier alpha value is -4.40. The van der Waals surface area contributed by atoms with E-state index in [1.54, 1.807) is 69.7 Å². The molecule has 1 saturated heterocycles. The normalized spacial score (nSPS) is 17.0. The van der Waals surface area contributed by atoms with Gasteiger partial charge >= 0.3 is 0 Å². The molecule has 2 amide bonds. The molecule has 0 unspecified atom stereocenters. The van der Waals surface area contributed by atoms with Crippen molar-refractivity contribution in [3.05, 3.63) is 66.2 Å². The highest BCUT2D eigenvalue weighted by atomic mass is 16.5. The highest BCUT2D eigenvalue weighted by molar-refractivity contribution is 6.00. The summed E-state index contributed by atoms with van der Waals surface area (Å²) in [5.74, 6) is 1.92. The third kappa shape index (κ3) is 5.32. The summed E-state index contributed by atoms with van der Waals surface area (Å²) in [4.78, 5) is 28.9. The highest BCUT2D eigenvalue weighted by Gasteiger charge is 2.42. The number of ether oxygens (including phenoxy) is 5. The predicted molar refractivity (Wildman–Crippen MR) is 144 cm³/mol. The highest BCUT2D eigenvalue weighted by Crippen LogP contribution is 2.43. The van der Waals surface area contributed by atoms with Crippen molar-refractivity contribution < 1.29 is 33.3 Å². The lowest BCUT2D eigenvalue weighted by atomic mass is 9.83. The Morgan fingerprint density at radius 3 is 2.05 bits per heavy atom. The van der Waals surface area contributed by atoms with Crippen molar-refractivity contribution in [3.8, 4) is 28.7 Å². The van der Waals surface area contributed by atoms with Gasteiger partial charge in [0.15, 0.2) is 11.5 Å². The minimum Gasteiger partial charge on any atom is -0.497 e. The van der Waals surface area contributed by atoms with Gasteiger partial charge < -0.3 is 33.9 Å². The SMILES string of the molecule is COc1ccc(N2C(=O)CC[C@@H](C(=O)Nc3ccc(OC)cc3OC)[C@@H]2c2ccc(OC)c(OC)c2)cc1. The topological polar surface area (TPSA) is 95.6 Å². The Morgan fingerprint density at radius 2 is 1.42 bits per heavy atom. The zero-order valence-electron chi connectivity index (χ0n) is 22.1. The molecular formula is C29H32N2O7. The van der Waals surface area contributed by atoms with Crippen molar-refractivity contribution in [1.82, 2.24) is 0 Å². The number of anilines is 2. The Morgan fingerprint density at radius 1 is 0.763 bits per heavy atom. The molecule has 2 atom stereocenters. The molecule has 0 bridgehead atoms. The summed E-state index contributed by atoms with van der Waals surface area (Å²) in [5.41, 5.74) is 1.92. The molecule has 1 heterocycles. The molecule has 0 saturated carbocycles. The molecule has 1 N–H and O–H groups in total. The van der Waals surface area contributed by atoms with Crippen molar-refractivity contribution in [1.29, 1.82) is 0 Å². The molecular weight excluding hydrogens is 488 g/mol. The van der Waals surface area contributed by atoms with E-state index >= 15 is 0 Å². The lowest BCUT2D eigenvalue weighted by Gasteiger charge is -2.41. The zero-order valence-corrected chi connectivity index (χ0v) is 22.1. The van der Waals surface area contributed by atoms with E-state index in [9.17, 15) is 9.59 Å². The first-order valence-corrected chi connectivity index (χ1v) is 12.1. The first-order chi connectivity index (χ1) is 18.4. The maximum atomic E-state index is 13.8. The number of amides is 2. The molecule has 1 fully saturated rings. The van der Waals surface area contributed by atoms with Crippen LogP contribution in [0.15, 0.2) is 60.7 Å². The van der Waals surface area contributed by atoms with E-state index in [4.69, 9.17) is 23.7 Å². The number of nitrogens with zero attached hydrogens (tertiary/aromatic N) is 1. The van der Waals surface area contributed by atoms with E-state index in [2.05, 4.69) is 5.32 Å². The molecule has 9 heteroatoms. The smallest absolute Gasteiger partial charge is 0.230 e. The minimum atomic E-state index is -0.603. The molecule has 3 aromatic carbocycles. The van der Waals surface area contributed by atoms with Crippen LogP contribution in [-0.4, -0.2) is 47.4 Å². The Bertz CT molecular complexity index is 1290. The summed E-state index contributed by atoms with van der Waals surface area (Å²) >= 11 is 0. The lowest BCUT2D eigenvalue weighted by molar-refractivity contribution is -0.126. The van der Waals surface area contributed by atoms with Crippen LogP contribution in [0.5, 0.6) is 28.7 Å². The molecule has 9 nitrogen and oxygen atoms in total. The largest absolute Gasteiger partial charge is 0.497 e. The van der Waals surface area contributed by atoms with Gasteiger partial charge in [0.05, 0.1) is 53.2 Å². The third-order valence-electron chi connectivity index (χ3n) is 6.70. The lowest BCUT2D eigenvalue weighted by Crippen LogP contribution is -2.47. The first-order valence-electron chi connectivity index (χ1n) is 12.1. The second kappa shape index (κ2) is 11.8. The van der Waals surface area contributed by atoms with Crippen LogP contribution in [0, 0.1) is 5.92 Å². The van der Waals surface area contributed by atoms with E-state index < -0.39 is 12.0 Å². The number of carbonyl (C=O) groups excluding carboxylic acids is 2. The average molecular weight is 521 g/mol. The van der Waals surface area contributed by atoms with E-state index in [1.807, 2.05) is 24.3 Å². The van der Waals surface area contributed by atoms with Crippen LogP contribution in [0.4, 0.5) is 11.4 Å². The number of nitrogens with one attached hydrogen (secondary N) is 1. The van der Waals surface area contributed by atoms with Crippen LogP contribution >= 0.6 is 0 Å². The van der Waals surface area contributed by atoms with Gasteiger partial charge in [-0.1, -0.05) is 6.07 Å². The molecule has 200 valence electrons. The maximum absolute atomic E-state index is 13.8. The summed E-state index contributed by atoms with van der Waals surface area (Å²) in [7, 11) is 7.79. The van der Waals surface area contributed by atoms with Gasteiger partial charge in [0.25, 0.3) is 0 Å². The Kier molecular flexibility index (Phi) is 8.25. The van der Waals surface area contributed by atoms with Crippen LogP contribution in [-0.2, 0) is 9.59 Å². The molecule has 0 aromatic heterocycles. The van der Waals surface area contributed by atoms with E-state index in [0.717, 1.165) is 5.56 Å². The fourth-order valence-corrected chi connectivity index (χ4v) is 4.76. The van der Waals surface area contributed by atoms with Gasteiger partial charge in [-0.05, 0) is 60.5 Å². The van der Waals surface area contributed by atoms with Gasteiger partial charge in [0.1, 0.15) is 17.2 Å². The number of piperidine rings is 1. The quantitative estimate of drug-likeness (QED) is 0.431. The number of hydrogen-bond acceptors (Lipinski definition) is 7. The number of rotatable bonds is 9. The average Bonchev–Trinajstić information content (AvgIpc) is 2.96. The maximum Gasteiger partial charge on any atom is 0.230 e. The van der Waals surface area contributed by atoms with Crippen molar-refractivity contribution in [2.75, 3.05) is 45.8 Å². The summed E-state index contributed by atoms with van der Waals surface area (Å²) in [5, 5.41) is 3.01. The fourth-order valence-electron chi connectivity index (χ4n) is 4.76. The summed E-state index contributed by atoms with van der Waals surface area (Å²) in [6.45, 7) is 0. The Balaban J connectivity index is 1.77. The molecule has 38 heavy (non-hydrogen) atoms.